The first kappa shape index (κ1) is 22.8. The third-order valence-electron chi connectivity index (χ3n) is 4.27. The number of nitrogens with zero attached hydrogens (tertiary/aromatic N) is 2. The SMILES string of the molecule is CCCOc1ccc(CNC(=NC)N(C)CC2CCOC2)cc1OC.I. The second kappa shape index (κ2) is 12.2. The van der Waals surface area contributed by atoms with Gasteiger partial charge in [-0.25, -0.2) is 0 Å². The zero-order valence-corrected chi connectivity index (χ0v) is 18.6. The molecule has 0 aromatic heterocycles. The van der Waals surface area contributed by atoms with Crippen LogP contribution in [0.1, 0.15) is 25.3 Å². The monoisotopic (exact) mass is 477 g/mol. The summed E-state index contributed by atoms with van der Waals surface area (Å²) < 4.78 is 16.6. The molecular formula is C19H32IN3O3. The summed E-state index contributed by atoms with van der Waals surface area (Å²) in [5, 5.41) is 3.41. The van der Waals surface area contributed by atoms with Crippen molar-refractivity contribution in [3.8, 4) is 11.5 Å². The maximum absolute atomic E-state index is 5.70. The molecule has 26 heavy (non-hydrogen) atoms. The fourth-order valence-corrected chi connectivity index (χ4v) is 2.92. The highest BCUT2D eigenvalue weighted by molar-refractivity contribution is 14.0. The van der Waals surface area contributed by atoms with Crippen molar-refractivity contribution < 1.29 is 14.2 Å². The molecule has 1 heterocycles. The molecule has 148 valence electrons. The standard InChI is InChI=1S/C19H31N3O3.HI/c1-5-9-25-17-7-6-15(11-18(17)23-4)12-21-19(20-2)22(3)13-16-8-10-24-14-16;/h6-7,11,16H,5,8-10,12-14H2,1-4H3,(H,20,21);1H. The summed E-state index contributed by atoms with van der Waals surface area (Å²) in [4.78, 5) is 6.54. The van der Waals surface area contributed by atoms with Gasteiger partial charge in [-0.15, -0.1) is 24.0 Å². The van der Waals surface area contributed by atoms with Gasteiger partial charge in [0, 0.05) is 39.7 Å². The Kier molecular flexibility index (Phi) is 10.7. The average molecular weight is 477 g/mol. The van der Waals surface area contributed by atoms with E-state index >= 15 is 0 Å². The van der Waals surface area contributed by atoms with Crippen LogP contribution < -0.4 is 14.8 Å². The van der Waals surface area contributed by atoms with Crippen LogP contribution in [-0.2, 0) is 11.3 Å². The summed E-state index contributed by atoms with van der Waals surface area (Å²) in [6, 6.07) is 6.03. The third kappa shape index (κ3) is 6.83. The van der Waals surface area contributed by atoms with Gasteiger partial charge in [0.15, 0.2) is 17.5 Å². The largest absolute Gasteiger partial charge is 0.493 e. The smallest absolute Gasteiger partial charge is 0.193 e. The molecule has 1 aliphatic rings. The van der Waals surface area contributed by atoms with Crippen LogP contribution in [0.25, 0.3) is 0 Å². The first-order valence-corrected chi connectivity index (χ1v) is 8.97. The Morgan fingerprint density at radius 1 is 1.38 bits per heavy atom. The highest BCUT2D eigenvalue weighted by Crippen LogP contribution is 2.28. The molecule has 0 saturated carbocycles. The van der Waals surface area contributed by atoms with E-state index in [4.69, 9.17) is 14.2 Å². The molecule has 1 N–H and O–H groups in total. The van der Waals surface area contributed by atoms with Crippen LogP contribution in [-0.4, -0.2) is 58.4 Å². The van der Waals surface area contributed by atoms with Crippen molar-refractivity contribution in [2.75, 3.05) is 47.6 Å². The van der Waals surface area contributed by atoms with Crippen LogP contribution in [0.5, 0.6) is 11.5 Å². The number of halogens is 1. The van der Waals surface area contributed by atoms with Crippen LogP contribution in [0.3, 0.4) is 0 Å². The molecule has 1 atom stereocenters. The molecule has 6 nitrogen and oxygen atoms in total. The molecule has 1 fully saturated rings. The van der Waals surface area contributed by atoms with Crippen LogP contribution >= 0.6 is 24.0 Å². The molecule has 0 radical (unpaired) electrons. The van der Waals surface area contributed by atoms with E-state index in [1.807, 2.05) is 19.2 Å². The number of ether oxygens (including phenoxy) is 3. The van der Waals surface area contributed by atoms with E-state index in [1.54, 1.807) is 7.11 Å². The van der Waals surface area contributed by atoms with E-state index in [9.17, 15) is 0 Å². The van der Waals surface area contributed by atoms with Crippen LogP contribution in [0.2, 0.25) is 0 Å². The summed E-state index contributed by atoms with van der Waals surface area (Å²) in [5.41, 5.74) is 1.12. The molecule has 7 heteroatoms. The highest BCUT2D eigenvalue weighted by Gasteiger charge is 2.19. The Morgan fingerprint density at radius 2 is 2.19 bits per heavy atom. The maximum atomic E-state index is 5.70. The number of benzene rings is 1. The summed E-state index contributed by atoms with van der Waals surface area (Å²) in [7, 11) is 5.55. The van der Waals surface area contributed by atoms with E-state index in [0.717, 1.165) is 55.6 Å². The summed E-state index contributed by atoms with van der Waals surface area (Å²) in [5.74, 6) is 3.02. The number of guanidine groups is 1. The quantitative estimate of drug-likeness (QED) is 0.354. The molecule has 0 bridgehead atoms. The molecule has 2 rings (SSSR count). The van der Waals surface area contributed by atoms with Gasteiger partial charge in [0.05, 0.1) is 20.3 Å². The Balaban J connectivity index is 0.00000338. The Bertz CT molecular complexity index is 563. The normalized spacial score (nSPS) is 16.8. The van der Waals surface area contributed by atoms with E-state index in [-0.39, 0.29) is 24.0 Å². The number of rotatable bonds is 8. The summed E-state index contributed by atoms with van der Waals surface area (Å²) in [6.07, 6.45) is 2.10. The molecule has 1 aromatic rings. The minimum Gasteiger partial charge on any atom is -0.493 e. The van der Waals surface area contributed by atoms with Crippen molar-refractivity contribution >= 4 is 29.9 Å². The number of hydrogen-bond acceptors (Lipinski definition) is 4. The van der Waals surface area contributed by atoms with Gasteiger partial charge < -0.3 is 24.4 Å². The minimum absolute atomic E-state index is 0. The van der Waals surface area contributed by atoms with Gasteiger partial charge in [0.1, 0.15) is 0 Å². The van der Waals surface area contributed by atoms with E-state index in [1.165, 1.54) is 0 Å². The molecule has 1 aromatic carbocycles. The number of nitrogens with one attached hydrogen (secondary N) is 1. The van der Waals surface area contributed by atoms with Gasteiger partial charge in [0.25, 0.3) is 0 Å². The van der Waals surface area contributed by atoms with Gasteiger partial charge in [-0.1, -0.05) is 13.0 Å². The first-order chi connectivity index (χ1) is 12.2. The number of hydrogen-bond donors (Lipinski definition) is 1. The van der Waals surface area contributed by atoms with Gasteiger partial charge in [0.2, 0.25) is 0 Å². The van der Waals surface area contributed by atoms with Gasteiger partial charge in [-0.2, -0.15) is 0 Å². The number of aliphatic imine (C=N–C) groups is 1. The van der Waals surface area contributed by atoms with E-state index in [2.05, 4.69) is 35.2 Å². The predicted octanol–water partition coefficient (Wildman–Crippen LogP) is 3.15. The van der Waals surface area contributed by atoms with Crippen molar-refractivity contribution in [2.45, 2.75) is 26.3 Å². The summed E-state index contributed by atoms with van der Waals surface area (Å²) in [6.45, 7) is 6.13. The van der Waals surface area contributed by atoms with Gasteiger partial charge in [-0.05, 0) is 30.5 Å². The molecule has 1 aliphatic heterocycles. The lowest BCUT2D eigenvalue weighted by molar-refractivity contribution is 0.181. The minimum atomic E-state index is 0. The lowest BCUT2D eigenvalue weighted by Crippen LogP contribution is -2.41. The second-order valence-electron chi connectivity index (χ2n) is 6.34. The first-order valence-electron chi connectivity index (χ1n) is 8.97. The van der Waals surface area contributed by atoms with Gasteiger partial charge >= 0.3 is 0 Å². The van der Waals surface area contributed by atoms with Crippen molar-refractivity contribution in [1.29, 1.82) is 0 Å². The highest BCUT2D eigenvalue weighted by atomic mass is 127. The van der Waals surface area contributed by atoms with E-state index in [0.29, 0.717) is 19.1 Å². The van der Waals surface area contributed by atoms with Crippen LogP contribution in [0.15, 0.2) is 23.2 Å². The fourth-order valence-electron chi connectivity index (χ4n) is 2.92. The molecule has 1 saturated heterocycles. The lowest BCUT2D eigenvalue weighted by Gasteiger charge is -2.24. The topological polar surface area (TPSA) is 55.3 Å². The zero-order chi connectivity index (χ0) is 18.1. The van der Waals surface area contributed by atoms with Crippen LogP contribution in [0.4, 0.5) is 0 Å². The van der Waals surface area contributed by atoms with Gasteiger partial charge in [-0.3, -0.25) is 4.99 Å². The molecule has 0 spiro atoms. The van der Waals surface area contributed by atoms with Crippen molar-refractivity contribution in [3.63, 3.8) is 0 Å². The molecular weight excluding hydrogens is 445 g/mol. The second-order valence-corrected chi connectivity index (χ2v) is 6.34. The van der Waals surface area contributed by atoms with Crippen molar-refractivity contribution in [1.82, 2.24) is 10.2 Å². The maximum Gasteiger partial charge on any atom is 0.193 e. The summed E-state index contributed by atoms with van der Waals surface area (Å²) >= 11 is 0. The number of methoxy groups -OCH3 is 1. The van der Waals surface area contributed by atoms with Crippen LogP contribution in [0, 0.1) is 5.92 Å². The predicted molar refractivity (Wildman–Crippen MR) is 116 cm³/mol. The van der Waals surface area contributed by atoms with E-state index < -0.39 is 0 Å². The molecule has 0 aliphatic carbocycles. The Morgan fingerprint density at radius 3 is 2.81 bits per heavy atom. The lowest BCUT2D eigenvalue weighted by atomic mass is 10.1. The zero-order valence-electron chi connectivity index (χ0n) is 16.3. The van der Waals surface area contributed by atoms with Crippen molar-refractivity contribution in [2.24, 2.45) is 10.9 Å². The third-order valence-corrected chi connectivity index (χ3v) is 4.27. The fraction of sp³-hybridized carbons (Fsp3) is 0.632. The van der Waals surface area contributed by atoms with Crippen molar-refractivity contribution in [3.05, 3.63) is 23.8 Å². The molecule has 1 unspecified atom stereocenters. The Labute approximate surface area is 174 Å². The average Bonchev–Trinajstić information content (AvgIpc) is 3.13. The molecule has 0 amide bonds. The Hall–Kier alpha value is -1.22.